The number of carbonyl (C=O) groups is 1. The van der Waals surface area contributed by atoms with Crippen LogP contribution >= 0.6 is 0 Å². The molecule has 2 aromatic rings. The summed E-state index contributed by atoms with van der Waals surface area (Å²) in [6.45, 7) is 0. The van der Waals surface area contributed by atoms with Crippen LogP contribution in [-0.4, -0.2) is 17.8 Å². The van der Waals surface area contributed by atoms with E-state index >= 15 is 0 Å². The predicted molar refractivity (Wildman–Crippen MR) is 107 cm³/mol. The molecule has 2 aromatic carbocycles. The van der Waals surface area contributed by atoms with Crippen LogP contribution in [0.5, 0.6) is 0 Å². The van der Waals surface area contributed by atoms with E-state index in [1.807, 2.05) is 18.2 Å². The van der Waals surface area contributed by atoms with Crippen molar-refractivity contribution in [2.75, 3.05) is 4.90 Å². The molecule has 4 fully saturated rings. The fourth-order valence-corrected chi connectivity index (χ4v) is 7.09. The molecule has 0 unspecified atom stereocenters. The second-order valence-corrected chi connectivity index (χ2v) is 9.25. The lowest BCUT2D eigenvalue weighted by Gasteiger charge is -2.57. The lowest BCUT2D eigenvalue weighted by Crippen LogP contribution is -2.59. The molecule has 0 spiro atoms. The molecule has 138 valence electrons. The molecule has 0 heterocycles. The molecule has 4 heteroatoms. The summed E-state index contributed by atoms with van der Waals surface area (Å²) in [6.07, 6.45) is 7.09. The van der Waals surface area contributed by atoms with Crippen molar-refractivity contribution in [3.05, 3.63) is 41.5 Å². The van der Waals surface area contributed by atoms with Gasteiger partial charge in [-0.1, -0.05) is 18.2 Å². The predicted octanol–water partition coefficient (Wildman–Crippen LogP) is 4.10. The van der Waals surface area contributed by atoms with Gasteiger partial charge < -0.3 is 10.6 Å². The van der Waals surface area contributed by atoms with Gasteiger partial charge in [0.1, 0.15) is 0 Å². The maximum absolute atomic E-state index is 12.4. The van der Waals surface area contributed by atoms with E-state index in [9.17, 15) is 4.79 Å². The zero-order valence-electron chi connectivity index (χ0n) is 15.4. The highest BCUT2D eigenvalue weighted by molar-refractivity contribution is 6.19. The second-order valence-electron chi connectivity index (χ2n) is 9.25. The number of ketones is 1. The van der Waals surface area contributed by atoms with Gasteiger partial charge in [0.15, 0.2) is 11.7 Å². The molecule has 0 aliphatic heterocycles. The van der Waals surface area contributed by atoms with Crippen molar-refractivity contribution in [3.8, 4) is 0 Å². The highest BCUT2D eigenvalue weighted by atomic mass is 16.1. The Bertz CT molecular complexity index is 967. The van der Waals surface area contributed by atoms with Crippen molar-refractivity contribution in [2.45, 2.75) is 44.6 Å². The summed E-state index contributed by atoms with van der Waals surface area (Å²) < 4.78 is 0. The summed E-state index contributed by atoms with van der Waals surface area (Å²) in [4.78, 5) is 14.5. The molecule has 0 aromatic heterocycles. The van der Waals surface area contributed by atoms with Gasteiger partial charge >= 0.3 is 0 Å². The van der Waals surface area contributed by atoms with E-state index in [-0.39, 0.29) is 11.7 Å². The summed E-state index contributed by atoms with van der Waals surface area (Å²) in [7, 11) is 0. The molecule has 4 bridgehead atoms. The summed E-state index contributed by atoms with van der Waals surface area (Å²) >= 11 is 0. The van der Waals surface area contributed by atoms with Gasteiger partial charge in [0.2, 0.25) is 0 Å². The minimum Gasteiger partial charge on any atom is -0.370 e. The second kappa shape index (κ2) is 5.34. The first kappa shape index (κ1) is 15.7. The van der Waals surface area contributed by atoms with Gasteiger partial charge in [0.25, 0.3) is 0 Å². The number of hydrogen-bond donors (Lipinski definition) is 2. The van der Waals surface area contributed by atoms with Gasteiger partial charge in [-0.2, -0.15) is 0 Å². The van der Waals surface area contributed by atoms with E-state index in [1.54, 1.807) is 0 Å². The number of Topliss-reactive ketones (excluding diaryl/α,β-unsaturated/α-hetero) is 1. The summed E-state index contributed by atoms with van der Waals surface area (Å²) in [5.74, 6) is 3.44. The Hall–Kier alpha value is -2.36. The maximum atomic E-state index is 12.4. The van der Waals surface area contributed by atoms with E-state index in [0.717, 1.165) is 39.4 Å². The third-order valence-corrected chi connectivity index (χ3v) is 7.75. The van der Waals surface area contributed by atoms with Gasteiger partial charge in [-0.3, -0.25) is 10.2 Å². The molecule has 4 nitrogen and oxygen atoms in total. The SMILES string of the molecule is N=C(N)N(c1ccc2c3c(cccc13)CC2=O)C1C2CC3CC(C2)CC1C3. The number of nitrogens with two attached hydrogens (primary N) is 1. The minimum atomic E-state index is 0.150. The van der Waals surface area contributed by atoms with Crippen LogP contribution in [0.15, 0.2) is 30.3 Å². The Morgan fingerprint density at radius 2 is 1.70 bits per heavy atom. The topological polar surface area (TPSA) is 70.2 Å². The number of nitrogens with one attached hydrogen (secondary N) is 1. The number of rotatable bonds is 2. The Kier molecular flexibility index (Phi) is 3.10. The third kappa shape index (κ3) is 2.10. The van der Waals surface area contributed by atoms with Crippen LogP contribution in [0, 0.1) is 29.1 Å². The Labute approximate surface area is 159 Å². The van der Waals surface area contributed by atoms with Crippen LogP contribution in [0.3, 0.4) is 0 Å². The van der Waals surface area contributed by atoms with E-state index < -0.39 is 0 Å². The van der Waals surface area contributed by atoms with Crippen molar-refractivity contribution in [3.63, 3.8) is 0 Å². The Morgan fingerprint density at radius 1 is 1.00 bits per heavy atom. The number of guanidine groups is 1. The third-order valence-electron chi connectivity index (χ3n) is 7.75. The van der Waals surface area contributed by atoms with Crippen LogP contribution in [-0.2, 0) is 6.42 Å². The standard InChI is InChI=1S/C23H25N3O/c24-23(25)26(22-15-7-12-6-13(9-15)10-16(22)8-12)19-5-4-18-20(27)11-14-2-1-3-17(19)21(14)18/h1-5,12-13,15-16,22H,6-11H2,(H3,24,25). The molecule has 0 saturated heterocycles. The first-order valence-corrected chi connectivity index (χ1v) is 10.3. The number of benzene rings is 2. The molecule has 27 heavy (non-hydrogen) atoms. The Morgan fingerprint density at radius 3 is 2.37 bits per heavy atom. The maximum Gasteiger partial charge on any atom is 0.193 e. The van der Waals surface area contributed by atoms with E-state index in [2.05, 4.69) is 17.0 Å². The highest BCUT2D eigenvalue weighted by Crippen LogP contribution is 2.56. The van der Waals surface area contributed by atoms with E-state index in [0.29, 0.717) is 24.3 Å². The monoisotopic (exact) mass is 359 g/mol. The largest absolute Gasteiger partial charge is 0.370 e. The molecule has 0 atom stereocenters. The quantitative estimate of drug-likeness (QED) is 0.626. The molecule has 5 aliphatic rings. The number of nitrogens with zero attached hydrogens (tertiary/aromatic N) is 1. The molecular weight excluding hydrogens is 334 g/mol. The van der Waals surface area contributed by atoms with Crippen molar-refractivity contribution in [2.24, 2.45) is 29.4 Å². The molecule has 3 N–H and O–H groups in total. The average Bonchev–Trinajstić information content (AvgIpc) is 2.95. The number of anilines is 1. The molecule has 5 aliphatic carbocycles. The highest BCUT2D eigenvalue weighted by Gasteiger charge is 2.51. The van der Waals surface area contributed by atoms with Crippen LogP contribution in [0.1, 0.15) is 48.0 Å². The van der Waals surface area contributed by atoms with Gasteiger partial charge in [0.05, 0.1) is 5.69 Å². The van der Waals surface area contributed by atoms with Gasteiger partial charge in [-0.25, -0.2) is 0 Å². The summed E-state index contributed by atoms with van der Waals surface area (Å²) in [6, 6.07) is 10.5. The van der Waals surface area contributed by atoms with Gasteiger partial charge in [0, 0.05) is 23.4 Å². The lowest BCUT2D eigenvalue weighted by atomic mass is 9.54. The minimum absolute atomic E-state index is 0.150. The average molecular weight is 359 g/mol. The van der Waals surface area contributed by atoms with Crippen LogP contribution in [0.4, 0.5) is 5.69 Å². The normalized spacial score (nSPS) is 33.0. The summed E-state index contributed by atoms with van der Waals surface area (Å²) in [5.41, 5.74) is 9.17. The van der Waals surface area contributed by atoms with Crippen molar-refractivity contribution in [1.82, 2.24) is 0 Å². The fraction of sp³-hybridized carbons (Fsp3) is 0.478. The first-order valence-electron chi connectivity index (χ1n) is 10.3. The molecule has 0 amide bonds. The zero-order valence-corrected chi connectivity index (χ0v) is 15.4. The van der Waals surface area contributed by atoms with Crippen molar-refractivity contribution < 1.29 is 4.79 Å². The molecular formula is C23H25N3O. The van der Waals surface area contributed by atoms with E-state index in [1.165, 1.54) is 32.1 Å². The zero-order chi connectivity index (χ0) is 18.3. The Balaban J connectivity index is 1.52. The molecule has 7 rings (SSSR count). The van der Waals surface area contributed by atoms with Crippen LogP contribution in [0.25, 0.3) is 10.8 Å². The van der Waals surface area contributed by atoms with Crippen LogP contribution < -0.4 is 10.6 Å². The van der Waals surface area contributed by atoms with Crippen molar-refractivity contribution >= 4 is 28.2 Å². The molecule has 4 saturated carbocycles. The number of carbonyl (C=O) groups excluding carboxylic acids is 1. The fourth-order valence-electron chi connectivity index (χ4n) is 7.09. The smallest absolute Gasteiger partial charge is 0.193 e. The van der Waals surface area contributed by atoms with Gasteiger partial charge in [-0.05, 0) is 78.9 Å². The van der Waals surface area contributed by atoms with Crippen LogP contribution in [0.2, 0.25) is 0 Å². The summed E-state index contributed by atoms with van der Waals surface area (Å²) in [5, 5.41) is 10.6. The molecule has 0 radical (unpaired) electrons. The van der Waals surface area contributed by atoms with Gasteiger partial charge in [-0.15, -0.1) is 0 Å². The van der Waals surface area contributed by atoms with E-state index in [4.69, 9.17) is 11.1 Å². The first-order chi connectivity index (χ1) is 13.1. The lowest BCUT2D eigenvalue weighted by molar-refractivity contribution is 0.00135. The number of hydrogen-bond acceptors (Lipinski definition) is 2. The van der Waals surface area contributed by atoms with Crippen molar-refractivity contribution in [1.29, 1.82) is 5.41 Å².